The first-order valence-corrected chi connectivity index (χ1v) is 7.83. The monoisotopic (exact) mass is 345 g/mol. The molecule has 3 N–H and O–H groups in total. The van der Waals surface area contributed by atoms with Crippen LogP contribution in [0.5, 0.6) is 0 Å². The summed E-state index contributed by atoms with van der Waals surface area (Å²) in [7, 11) is 0. The Kier molecular flexibility index (Phi) is 5.43. The number of Topliss-reactive ketones (excluding diaryl/α,β-unsaturated/α-hetero) is 1. The molecule has 3 amide bonds. The van der Waals surface area contributed by atoms with Crippen molar-refractivity contribution < 1.29 is 19.2 Å². The topological polar surface area (TPSA) is 104 Å². The van der Waals surface area contributed by atoms with E-state index in [0.717, 1.165) is 0 Å². The van der Waals surface area contributed by atoms with Crippen molar-refractivity contribution >= 4 is 39.8 Å². The predicted octanol–water partition coefficient (Wildman–Crippen LogP) is 1.98. The Morgan fingerprint density at radius 2 is 1.46 bits per heavy atom. The summed E-state index contributed by atoms with van der Waals surface area (Å²) in [6.45, 7) is 2.71. The van der Waals surface area contributed by atoms with Crippen LogP contribution in [0.3, 0.4) is 0 Å². The molecule has 0 radical (unpaired) electrons. The lowest BCUT2D eigenvalue weighted by atomic mass is 10.1. The number of anilines is 1. The van der Waals surface area contributed by atoms with Gasteiger partial charge in [0.1, 0.15) is 5.00 Å². The Labute approximate surface area is 142 Å². The maximum Gasteiger partial charge on any atom is 0.272 e. The molecule has 24 heavy (non-hydrogen) atoms. The van der Waals surface area contributed by atoms with Crippen LogP contribution in [0.4, 0.5) is 5.00 Å². The molecule has 0 saturated carbocycles. The predicted molar refractivity (Wildman–Crippen MR) is 90.0 cm³/mol. The van der Waals surface area contributed by atoms with Crippen molar-refractivity contribution in [1.29, 1.82) is 0 Å². The molecule has 0 bridgehead atoms. The van der Waals surface area contributed by atoms with Gasteiger partial charge < -0.3 is 5.32 Å². The van der Waals surface area contributed by atoms with Crippen molar-refractivity contribution in [3.05, 3.63) is 52.4 Å². The standard InChI is InChI=1S/C16H15N3O4S/c1-9(20)11-3-5-12(6-4-11)14(22)17-16-13(7-8-24-16)15(23)19-18-10(2)21/h3-8H,1-2H3,(H,17,22)(H,18,21)(H,19,23). The molecule has 8 heteroatoms. The molecule has 0 aliphatic rings. The van der Waals surface area contributed by atoms with E-state index in [9.17, 15) is 19.2 Å². The molecular formula is C16H15N3O4S. The maximum atomic E-state index is 12.2. The van der Waals surface area contributed by atoms with Crippen LogP contribution >= 0.6 is 11.3 Å². The number of amides is 3. The van der Waals surface area contributed by atoms with Gasteiger partial charge in [0.05, 0.1) is 5.56 Å². The quantitative estimate of drug-likeness (QED) is 0.582. The fourth-order valence-corrected chi connectivity index (χ4v) is 2.61. The first-order valence-electron chi connectivity index (χ1n) is 6.95. The normalized spacial score (nSPS) is 9.92. The van der Waals surface area contributed by atoms with Crippen LogP contribution in [0.15, 0.2) is 35.7 Å². The summed E-state index contributed by atoms with van der Waals surface area (Å²) in [5.74, 6) is -1.43. The second kappa shape index (κ2) is 7.51. The van der Waals surface area contributed by atoms with Crippen LogP contribution in [0, 0.1) is 0 Å². The first-order chi connectivity index (χ1) is 11.4. The van der Waals surface area contributed by atoms with Gasteiger partial charge in [0.25, 0.3) is 11.8 Å². The Balaban J connectivity index is 2.09. The first kappa shape index (κ1) is 17.4. The van der Waals surface area contributed by atoms with Crippen molar-refractivity contribution in [2.75, 3.05) is 5.32 Å². The number of hydrogen-bond donors (Lipinski definition) is 3. The summed E-state index contributed by atoms with van der Waals surface area (Å²) in [6.07, 6.45) is 0. The average Bonchev–Trinajstić information content (AvgIpc) is 3.00. The summed E-state index contributed by atoms with van der Waals surface area (Å²) in [6, 6.07) is 7.75. The van der Waals surface area contributed by atoms with Crippen LogP contribution in [-0.2, 0) is 4.79 Å². The van der Waals surface area contributed by atoms with Gasteiger partial charge in [0.15, 0.2) is 5.78 Å². The number of carbonyl (C=O) groups is 4. The molecular weight excluding hydrogens is 330 g/mol. The Morgan fingerprint density at radius 3 is 2.04 bits per heavy atom. The van der Waals surface area contributed by atoms with E-state index < -0.39 is 17.7 Å². The number of hydrogen-bond acceptors (Lipinski definition) is 5. The van der Waals surface area contributed by atoms with Gasteiger partial charge in [-0.25, -0.2) is 0 Å². The average molecular weight is 345 g/mol. The van der Waals surface area contributed by atoms with E-state index >= 15 is 0 Å². The zero-order valence-electron chi connectivity index (χ0n) is 13.0. The van der Waals surface area contributed by atoms with Crippen LogP contribution in [0.25, 0.3) is 0 Å². The second-order valence-corrected chi connectivity index (χ2v) is 5.80. The molecule has 1 aromatic heterocycles. The number of ketones is 1. The van der Waals surface area contributed by atoms with Crippen molar-refractivity contribution in [2.24, 2.45) is 0 Å². The number of hydrazine groups is 1. The maximum absolute atomic E-state index is 12.2. The smallest absolute Gasteiger partial charge is 0.272 e. The molecule has 2 rings (SSSR count). The van der Waals surface area contributed by atoms with Gasteiger partial charge in [-0.15, -0.1) is 11.3 Å². The molecule has 0 spiro atoms. The van der Waals surface area contributed by atoms with E-state index in [1.54, 1.807) is 17.5 Å². The SMILES string of the molecule is CC(=O)NNC(=O)c1ccsc1NC(=O)c1ccc(C(C)=O)cc1. The minimum absolute atomic E-state index is 0.0860. The highest BCUT2D eigenvalue weighted by molar-refractivity contribution is 7.14. The number of thiophene rings is 1. The third-order valence-electron chi connectivity index (χ3n) is 3.04. The highest BCUT2D eigenvalue weighted by Gasteiger charge is 2.16. The fraction of sp³-hybridized carbons (Fsp3) is 0.125. The van der Waals surface area contributed by atoms with E-state index in [2.05, 4.69) is 16.2 Å². The Morgan fingerprint density at radius 1 is 0.833 bits per heavy atom. The lowest BCUT2D eigenvalue weighted by Gasteiger charge is -2.08. The molecule has 1 aromatic carbocycles. The molecule has 1 heterocycles. The van der Waals surface area contributed by atoms with Crippen LogP contribution in [-0.4, -0.2) is 23.5 Å². The molecule has 0 aliphatic carbocycles. The van der Waals surface area contributed by atoms with Gasteiger partial charge in [-0.3, -0.25) is 30.0 Å². The minimum Gasteiger partial charge on any atom is -0.313 e. The molecule has 0 atom stereocenters. The highest BCUT2D eigenvalue weighted by atomic mass is 32.1. The van der Waals surface area contributed by atoms with E-state index in [4.69, 9.17) is 0 Å². The van der Waals surface area contributed by atoms with Gasteiger partial charge in [-0.2, -0.15) is 0 Å². The molecule has 7 nitrogen and oxygen atoms in total. The van der Waals surface area contributed by atoms with E-state index in [1.165, 1.54) is 43.4 Å². The molecule has 2 aromatic rings. The molecule has 0 unspecified atom stereocenters. The van der Waals surface area contributed by atoms with Gasteiger partial charge in [0, 0.05) is 18.1 Å². The molecule has 0 aliphatic heterocycles. The lowest BCUT2D eigenvalue weighted by Crippen LogP contribution is -2.40. The van der Waals surface area contributed by atoms with Crippen molar-refractivity contribution in [2.45, 2.75) is 13.8 Å². The van der Waals surface area contributed by atoms with Crippen molar-refractivity contribution in [1.82, 2.24) is 10.9 Å². The Bertz CT molecular complexity index is 796. The lowest BCUT2D eigenvalue weighted by molar-refractivity contribution is -0.119. The summed E-state index contributed by atoms with van der Waals surface area (Å²) >= 11 is 1.18. The van der Waals surface area contributed by atoms with Crippen molar-refractivity contribution in [3.8, 4) is 0 Å². The number of rotatable bonds is 4. The third-order valence-corrected chi connectivity index (χ3v) is 3.87. The van der Waals surface area contributed by atoms with Crippen LogP contribution in [0.2, 0.25) is 0 Å². The fourth-order valence-electron chi connectivity index (χ4n) is 1.83. The largest absolute Gasteiger partial charge is 0.313 e. The van der Waals surface area contributed by atoms with Gasteiger partial charge in [-0.1, -0.05) is 12.1 Å². The third kappa shape index (κ3) is 4.26. The molecule has 0 fully saturated rings. The van der Waals surface area contributed by atoms with Gasteiger partial charge in [0.2, 0.25) is 5.91 Å². The number of benzene rings is 1. The van der Waals surface area contributed by atoms with E-state index in [0.29, 0.717) is 16.1 Å². The zero-order chi connectivity index (χ0) is 17.7. The molecule has 0 saturated heterocycles. The number of nitrogens with one attached hydrogen (secondary N) is 3. The van der Waals surface area contributed by atoms with E-state index in [-0.39, 0.29) is 11.3 Å². The van der Waals surface area contributed by atoms with E-state index in [1.807, 2.05) is 0 Å². The summed E-state index contributed by atoms with van der Waals surface area (Å²) in [5.41, 5.74) is 5.53. The highest BCUT2D eigenvalue weighted by Crippen LogP contribution is 2.23. The summed E-state index contributed by atoms with van der Waals surface area (Å²) in [4.78, 5) is 46.3. The van der Waals surface area contributed by atoms with Crippen molar-refractivity contribution in [3.63, 3.8) is 0 Å². The van der Waals surface area contributed by atoms with Gasteiger partial charge in [-0.05, 0) is 30.5 Å². The van der Waals surface area contributed by atoms with Crippen LogP contribution in [0.1, 0.15) is 44.9 Å². The summed E-state index contributed by atoms with van der Waals surface area (Å²) < 4.78 is 0. The summed E-state index contributed by atoms with van der Waals surface area (Å²) in [5, 5.41) is 4.65. The number of carbonyl (C=O) groups excluding carboxylic acids is 4. The minimum atomic E-state index is -0.534. The van der Waals surface area contributed by atoms with Crippen LogP contribution < -0.4 is 16.2 Å². The van der Waals surface area contributed by atoms with Gasteiger partial charge >= 0.3 is 0 Å². The Hall–Kier alpha value is -3.00. The second-order valence-electron chi connectivity index (χ2n) is 4.89. The molecule has 124 valence electrons. The zero-order valence-corrected chi connectivity index (χ0v) is 13.8.